The van der Waals surface area contributed by atoms with E-state index in [0.717, 1.165) is 23.8 Å². The van der Waals surface area contributed by atoms with Gasteiger partial charge in [-0.2, -0.15) is 5.01 Å². The predicted molar refractivity (Wildman–Crippen MR) is 103 cm³/mol. The number of aromatic nitrogens is 2. The van der Waals surface area contributed by atoms with Crippen LogP contribution in [-0.4, -0.2) is 21.5 Å². The minimum absolute atomic E-state index is 0.238. The summed E-state index contributed by atoms with van der Waals surface area (Å²) in [5, 5.41) is 2.09. The molecule has 2 aromatic rings. The van der Waals surface area contributed by atoms with E-state index in [1.165, 1.54) is 5.01 Å². The van der Waals surface area contributed by atoms with Crippen LogP contribution in [-0.2, 0) is 16.0 Å². The van der Waals surface area contributed by atoms with E-state index in [-0.39, 0.29) is 11.8 Å². The summed E-state index contributed by atoms with van der Waals surface area (Å²) < 4.78 is 2.04. The molecule has 2 aromatic heterocycles. The highest BCUT2D eigenvalue weighted by Crippen LogP contribution is 2.19. The first kappa shape index (κ1) is 19.2. The maximum Gasteiger partial charge on any atom is 0.248 e. The Hall–Kier alpha value is -2.08. The Kier molecular flexibility index (Phi) is 6.82. The van der Waals surface area contributed by atoms with E-state index in [1.54, 1.807) is 10.9 Å². The Labute approximate surface area is 153 Å². The fraction of sp³-hybridized carbons (Fsp3) is 0.474. The number of aryl methyl sites for hydroxylation is 1. The van der Waals surface area contributed by atoms with E-state index < -0.39 is 0 Å². The Balaban J connectivity index is 2.76. The van der Waals surface area contributed by atoms with Crippen molar-refractivity contribution >= 4 is 35.1 Å². The number of imide groups is 1. The first-order valence-corrected chi connectivity index (χ1v) is 9.31. The van der Waals surface area contributed by atoms with E-state index in [4.69, 9.17) is 12.2 Å². The second-order valence-corrected chi connectivity index (χ2v) is 6.44. The fourth-order valence-corrected chi connectivity index (χ4v) is 3.15. The average molecular weight is 359 g/mol. The van der Waals surface area contributed by atoms with Crippen molar-refractivity contribution in [2.45, 2.75) is 59.3 Å². The minimum Gasteiger partial charge on any atom is -0.273 e. The van der Waals surface area contributed by atoms with Gasteiger partial charge in [0.1, 0.15) is 4.64 Å². The summed E-state index contributed by atoms with van der Waals surface area (Å²) in [7, 11) is 0. The van der Waals surface area contributed by atoms with Crippen LogP contribution >= 0.6 is 12.2 Å². The molecular weight excluding hydrogens is 334 g/mol. The number of hydrogen-bond acceptors (Lipinski definition) is 4. The van der Waals surface area contributed by atoms with Gasteiger partial charge in [-0.1, -0.05) is 39.4 Å². The van der Waals surface area contributed by atoms with Gasteiger partial charge >= 0.3 is 0 Å². The van der Waals surface area contributed by atoms with Crippen LogP contribution in [0.5, 0.6) is 0 Å². The highest BCUT2D eigenvalue weighted by Gasteiger charge is 2.25. The van der Waals surface area contributed by atoms with Crippen LogP contribution < -0.4 is 5.01 Å². The Morgan fingerprint density at radius 2 is 1.76 bits per heavy atom. The molecule has 0 aliphatic heterocycles. The lowest BCUT2D eigenvalue weighted by Crippen LogP contribution is -2.46. The molecule has 0 saturated heterocycles. The molecule has 0 saturated carbocycles. The number of amides is 2. The van der Waals surface area contributed by atoms with E-state index >= 15 is 0 Å². The minimum atomic E-state index is -0.238. The quantitative estimate of drug-likeness (QED) is 0.691. The van der Waals surface area contributed by atoms with Gasteiger partial charge in [-0.05, 0) is 43.0 Å². The molecule has 6 heteroatoms. The van der Waals surface area contributed by atoms with Gasteiger partial charge < -0.3 is 0 Å². The molecular formula is C19H25N3O2S. The lowest BCUT2D eigenvalue weighted by atomic mass is 10.1. The molecule has 0 fully saturated rings. The molecule has 2 amide bonds. The number of carbonyl (C=O) groups excluding carboxylic acids is 2. The zero-order valence-corrected chi connectivity index (χ0v) is 15.9. The molecule has 0 radical (unpaired) electrons. The monoisotopic (exact) mass is 359 g/mol. The van der Waals surface area contributed by atoms with Gasteiger partial charge in [-0.15, -0.1) is 0 Å². The van der Waals surface area contributed by atoms with Crippen LogP contribution in [0, 0.1) is 4.64 Å². The maximum atomic E-state index is 12.7. The summed E-state index contributed by atoms with van der Waals surface area (Å²) in [5.74, 6) is -0.477. The van der Waals surface area contributed by atoms with Crippen molar-refractivity contribution in [3.05, 3.63) is 34.6 Å². The highest BCUT2D eigenvalue weighted by molar-refractivity contribution is 7.71. The maximum absolute atomic E-state index is 12.7. The first-order valence-electron chi connectivity index (χ1n) is 8.90. The van der Waals surface area contributed by atoms with E-state index in [2.05, 4.69) is 11.9 Å². The molecule has 0 spiro atoms. The van der Waals surface area contributed by atoms with Gasteiger partial charge in [0.25, 0.3) is 0 Å². The third kappa shape index (κ3) is 4.12. The molecule has 2 rings (SSSR count). The number of nitrogens with zero attached hydrogens (tertiary/aromatic N) is 3. The summed E-state index contributed by atoms with van der Waals surface area (Å²) in [6, 6.07) is 5.79. The normalized spacial score (nSPS) is 10.8. The van der Waals surface area contributed by atoms with Gasteiger partial charge in [0.2, 0.25) is 11.8 Å². The van der Waals surface area contributed by atoms with Crippen LogP contribution in [0.3, 0.4) is 0 Å². The van der Waals surface area contributed by atoms with E-state index in [0.29, 0.717) is 36.0 Å². The Bertz CT molecular complexity index is 811. The fourth-order valence-electron chi connectivity index (χ4n) is 2.82. The first-order chi connectivity index (χ1) is 12.0. The second kappa shape index (κ2) is 8.85. The highest BCUT2D eigenvalue weighted by atomic mass is 32.1. The molecule has 0 aliphatic rings. The molecule has 0 bridgehead atoms. The lowest BCUT2D eigenvalue weighted by Gasteiger charge is -2.25. The van der Waals surface area contributed by atoms with Crippen molar-refractivity contribution in [2.75, 3.05) is 5.01 Å². The summed E-state index contributed by atoms with van der Waals surface area (Å²) in [5.41, 5.74) is 1.50. The van der Waals surface area contributed by atoms with Crippen LogP contribution in [0.15, 0.2) is 24.4 Å². The van der Waals surface area contributed by atoms with Gasteiger partial charge in [-0.25, -0.2) is 9.66 Å². The third-order valence-electron chi connectivity index (χ3n) is 3.93. The number of fused-ring (bicyclic) bond motifs is 1. The second-order valence-electron chi connectivity index (χ2n) is 6.05. The van der Waals surface area contributed by atoms with Gasteiger partial charge in [0, 0.05) is 24.4 Å². The molecule has 134 valence electrons. The molecule has 2 heterocycles. The average Bonchev–Trinajstić information content (AvgIpc) is 2.59. The van der Waals surface area contributed by atoms with E-state index in [1.807, 2.05) is 32.0 Å². The van der Waals surface area contributed by atoms with Crippen LogP contribution in [0.2, 0.25) is 0 Å². The zero-order chi connectivity index (χ0) is 18.4. The molecule has 5 nitrogen and oxygen atoms in total. The molecule has 0 N–H and O–H groups in total. The van der Waals surface area contributed by atoms with Crippen LogP contribution in [0.25, 0.3) is 11.0 Å². The standard InChI is InChI=1S/C19H25N3O2S/c1-4-8-15-13-14-11-7-12-20-18(14)22(19(15)25)21(16(23)9-5-2)17(24)10-6-3/h7,11-13H,4-6,8-10H2,1-3H3. The van der Waals surface area contributed by atoms with Crippen molar-refractivity contribution in [3.8, 4) is 0 Å². The summed E-state index contributed by atoms with van der Waals surface area (Å²) in [6.07, 6.45) is 5.31. The topological polar surface area (TPSA) is 55.2 Å². The van der Waals surface area contributed by atoms with Crippen LogP contribution in [0.4, 0.5) is 0 Å². The molecule has 0 aromatic carbocycles. The van der Waals surface area contributed by atoms with Crippen molar-refractivity contribution in [1.82, 2.24) is 9.66 Å². The summed E-state index contributed by atoms with van der Waals surface area (Å²) in [4.78, 5) is 29.9. The van der Waals surface area contributed by atoms with Gasteiger partial charge in [-0.3, -0.25) is 9.59 Å². The number of pyridine rings is 2. The van der Waals surface area contributed by atoms with Crippen LogP contribution in [0.1, 0.15) is 58.4 Å². The largest absolute Gasteiger partial charge is 0.273 e. The van der Waals surface area contributed by atoms with Crippen molar-refractivity contribution in [1.29, 1.82) is 0 Å². The van der Waals surface area contributed by atoms with Gasteiger partial charge in [0.05, 0.1) is 0 Å². The summed E-state index contributed by atoms with van der Waals surface area (Å²) >= 11 is 5.64. The van der Waals surface area contributed by atoms with Crippen molar-refractivity contribution < 1.29 is 9.59 Å². The number of rotatable bonds is 7. The zero-order valence-electron chi connectivity index (χ0n) is 15.1. The predicted octanol–water partition coefficient (Wildman–Crippen LogP) is 4.31. The summed E-state index contributed by atoms with van der Waals surface area (Å²) in [6.45, 7) is 5.92. The van der Waals surface area contributed by atoms with Gasteiger partial charge in [0.15, 0.2) is 5.65 Å². The van der Waals surface area contributed by atoms with Crippen molar-refractivity contribution in [3.63, 3.8) is 0 Å². The molecule has 0 aliphatic carbocycles. The lowest BCUT2D eigenvalue weighted by molar-refractivity contribution is -0.129. The molecule has 0 unspecified atom stereocenters. The SMILES string of the molecule is CCCC(=O)N(C(=O)CCC)n1c(=S)c(CCC)cc2cccnc21. The molecule has 0 atom stereocenters. The number of carbonyl (C=O) groups is 2. The Morgan fingerprint density at radius 3 is 2.32 bits per heavy atom. The smallest absolute Gasteiger partial charge is 0.248 e. The van der Waals surface area contributed by atoms with E-state index in [9.17, 15) is 9.59 Å². The Morgan fingerprint density at radius 1 is 1.12 bits per heavy atom. The molecule has 25 heavy (non-hydrogen) atoms. The third-order valence-corrected chi connectivity index (χ3v) is 4.37. The number of hydrogen-bond donors (Lipinski definition) is 0. The van der Waals surface area contributed by atoms with Crippen molar-refractivity contribution in [2.24, 2.45) is 0 Å².